The average Bonchev–Trinajstić information content (AvgIpc) is 3.28. The van der Waals surface area contributed by atoms with Gasteiger partial charge in [-0.05, 0) is 50.2 Å². The number of aromatic nitrogens is 4. The molecular weight excluding hydrogens is 412 g/mol. The molecule has 4 rings (SSSR count). The van der Waals surface area contributed by atoms with Gasteiger partial charge >= 0.3 is 0 Å². The minimum absolute atomic E-state index is 0. The van der Waals surface area contributed by atoms with Crippen molar-refractivity contribution in [1.82, 2.24) is 19.5 Å². The van der Waals surface area contributed by atoms with E-state index in [2.05, 4.69) is 26.8 Å². The molecule has 1 aromatic carbocycles. The van der Waals surface area contributed by atoms with Crippen LogP contribution in [0.1, 0.15) is 44.9 Å². The molecule has 0 amide bonds. The molecule has 30 heavy (non-hydrogen) atoms. The van der Waals surface area contributed by atoms with Crippen LogP contribution in [0.15, 0.2) is 18.2 Å². The number of aliphatic hydroxyl groups is 1. The minimum Gasteiger partial charge on any atom is -0.382 e. The number of imidazole rings is 1. The van der Waals surface area contributed by atoms with Crippen molar-refractivity contribution < 1.29 is 13.9 Å². The molecule has 2 heterocycles. The Bertz CT molecular complexity index is 1150. The maximum absolute atomic E-state index is 14.4. The Morgan fingerprint density at radius 3 is 2.63 bits per heavy atom. The monoisotopic (exact) mass is 433 g/mol. The number of aryl methyl sites for hydroxylation is 1. The van der Waals surface area contributed by atoms with Crippen LogP contribution in [0, 0.1) is 23.5 Å². The molecule has 6 nitrogen and oxygen atoms in total. The molecule has 1 aliphatic rings. The van der Waals surface area contributed by atoms with Gasteiger partial charge in [-0.3, -0.25) is 0 Å². The van der Waals surface area contributed by atoms with Crippen molar-refractivity contribution in [1.29, 1.82) is 0 Å². The lowest BCUT2D eigenvalue weighted by Crippen LogP contribution is -2.21. The van der Waals surface area contributed by atoms with E-state index in [0.29, 0.717) is 30.6 Å². The number of halogens is 3. The summed E-state index contributed by atoms with van der Waals surface area (Å²) in [5.41, 5.74) is 5.79. The summed E-state index contributed by atoms with van der Waals surface area (Å²) in [5.74, 6) is 4.26. The van der Waals surface area contributed by atoms with E-state index in [4.69, 9.17) is 5.73 Å². The molecule has 1 aliphatic carbocycles. The summed E-state index contributed by atoms with van der Waals surface area (Å²) < 4.78 is 29.9. The molecule has 3 N–H and O–H groups in total. The smallest absolute Gasteiger partial charge is 0.209 e. The Balaban J connectivity index is 0.00000256. The summed E-state index contributed by atoms with van der Waals surface area (Å²) in [5, 5.41) is 10.4. The van der Waals surface area contributed by atoms with Crippen molar-refractivity contribution in [2.45, 2.75) is 51.2 Å². The van der Waals surface area contributed by atoms with Crippen LogP contribution in [-0.4, -0.2) is 30.2 Å². The van der Waals surface area contributed by atoms with Gasteiger partial charge in [-0.2, -0.15) is 0 Å². The SMILES string of the molecule is CCCn1c(-c2cccc(F)c2F)nc2c(N)nc(C#CC3(O)CCCC3)nc21.Cl. The van der Waals surface area contributed by atoms with E-state index in [1.807, 2.05) is 6.92 Å². The Kier molecular flexibility index (Phi) is 6.25. The van der Waals surface area contributed by atoms with E-state index < -0.39 is 17.2 Å². The predicted molar refractivity (Wildman–Crippen MR) is 113 cm³/mol. The number of nitrogen functional groups attached to an aromatic ring is 1. The fourth-order valence-electron chi connectivity index (χ4n) is 3.65. The van der Waals surface area contributed by atoms with Crippen molar-refractivity contribution in [3.8, 4) is 23.2 Å². The molecule has 0 unspecified atom stereocenters. The van der Waals surface area contributed by atoms with Gasteiger partial charge in [-0.1, -0.05) is 18.9 Å². The number of hydrogen-bond donors (Lipinski definition) is 2. The van der Waals surface area contributed by atoms with Crippen LogP contribution < -0.4 is 5.73 Å². The lowest BCUT2D eigenvalue weighted by atomic mass is 10.0. The van der Waals surface area contributed by atoms with E-state index in [0.717, 1.165) is 25.3 Å². The number of nitrogens with two attached hydrogens (primary N) is 1. The van der Waals surface area contributed by atoms with Gasteiger partial charge in [-0.15, -0.1) is 12.4 Å². The molecule has 9 heteroatoms. The molecule has 0 aliphatic heterocycles. The molecule has 0 saturated heterocycles. The molecular formula is C21H22ClF2N5O. The van der Waals surface area contributed by atoms with Crippen LogP contribution >= 0.6 is 12.4 Å². The largest absolute Gasteiger partial charge is 0.382 e. The summed E-state index contributed by atoms with van der Waals surface area (Å²) in [6, 6.07) is 3.95. The number of nitrogens with zero attached hydrogens (tertiary/aromatic N) is 4. The van der Waals surface area contributed by atoms with Crippen molar-refractivity contribution in [3.63, 3.8) is 0 Å². The normalized spacial score (nSPS) is 14.9. The Morgan fingerprint density at radius 2 is 1.93 bits per heavy atom. The third-order valence-corrected chi connectivity index (χ3v) is 5.10. The second-order valence-electron chi connectivity index (χ2n) is 7.28. The Hall–Kier alpha value is -2.76. The highest BCUT2D eigenvalue weighted by molar-refractivity contribution is 5.86. The van der Waals surface area contributed by atoms with Gasteiger partial charge in [-0.25, -0.2) is 23.7 Å². The molecule has 3 aromatic rings. The summed E-state index contributed by atoms with van der Waals surface area (Å²) in [7, 11) is 0. The zero-order chi connectivity index (χ0) is 20.6. The van der Waals surface area contributed by atoms with E-state index in [1.165, 1.54) is 12.1 Å². The van der Waals surface area contributed by atoms with Crippen LogP contribution in [0.2, 0.25) is 0 Å². The van der Waals surface area contributed by atoms with E-state index in [9.17, 15) is 13.9 Å². The number of rotatable bonds is 3. The quantitative estimate of drug-likeness (QED) is 0.612. The first-order valence-corrected chi connectivity index (χ1v) is 9.65. The van der Waals surface area contributed by atoms with Crippen molar-refractivity contribution >= 4 is 29.4 Å². The van der Waals surface area contributed by atoms with Crippen molar-refractivity contribution in [2.24, 2.45) is 0 Å². The molecule has 0 spiro atoms. The zero-order valence-corrected chi connectivity index (χ0v) is 17.3. The number of benzene rings is 1. The first-order chi connectivity index (χ1) is 13.9. The number of anilines is 1. The molecule has 2 aromatic heterocycles. The van der Waals surface area contributed by atoms with Crippen molar-refractivity contribution in [3.05, 3.63) is 35.7 Å². The van der Waals surface area contributed by atoms with Crippen LogP contribution in [0.3, 0.4) is 0 Å². The third-order valence-electron chi connectivity index (χ3n) is 5.10. The maximum Gasteiger partial charge on any atom is 0.209 e. The highest BCUT2D eigenvalue weighted by Gasteiger charge is 2.29. The topological polar surface area (TPSA) is 89.9 Å². The van der Waals surface area contributed by atoms with Gasteiger partial charge in [0.1, 0.15) is 11.4 Å². The van der Waals surface area contributed by atoms with E-state index >= 15 is 0 Å². The summed E-state index contributed by atoms with van der Waals surface area (Å²) in [6.45, 7) is 2.44. The number of hydrogen-bond acceptors (Lipinski definition) is 5. The number of fused-ring (bicyclic) bond motifs is 1. The first-order valence-electron chi connectivity index (χ1n) is 9.65. The van der Waals surface area contributed by atoms with Gasteiger partial charge < -0.3 is 15.4 Å². The fraction of sp³-hybridized carbons (Fsp3) is 0.381. The Morgan fingerprint density at radius 1 is 1.20 bits per heavy atom. The highest BCUT2D eigenvalue weighted by atomic mass is 35.5. The van der Waals surface area contributed by atoms with Gasteiger partial charge in [0.05, 0.1) is 5.56 Å². The Labute approximate surface area is 179 Å². The van der Waals surface area contributed by atoms with Gasteiger partial charge in [0.2, 0.25) is 5.82 Å². The van der Waals surface area contributed by atoms with Crippen LogP contribution in [-0.2, 0) is 6.54 Å². The highest BCUT2D eigenvalue weighted by Crippen LogP contribution is 2.30. The van der Waals surface area contributed by atoms with Gasteiger partial charge in [0, 0.05) is 6.54 Å². The summed E-state index contributed by atoms with van der Waals surface area (Å²) in [6.07, 6.45) is 3.82. The fourth-order valence-corrected chi connectivity index (χ4v) is 3.65. The summed E-state index contributed by atoms with van der Waals surface area (Å²) in [4.78, 5) is 13.0. The standard InChI is InChI=1S/C21H21F2N5O.ClH/c1-2-12-28-19(13-6-5-7-14(22)16(13)23)27-17-18(24)25-15(26-20(17)28)8-11-21(29)9-3-4-10-21;/h5-7,29H,2-4,9-10,12H2,1H3,(H2,24,25,26);1H. The zero-order valence-electron chi connectivity index (χ0n) is 16.5. The van der Waals surface area contributed by atoms with E-state index in [1.54, 1.807) is 4.57 Å². The lowest BCUT2D eigenvalue weighted by molar-refractivity contribution is 0.110. The van der Waals surface area contributed by atoms with Crippen LogP contribution in [0.25, 0.3) is 22.6 Å². The second kappa shape index (κ2) is 8.54. The summed E-state index contributed by atoms with van der Waals surface area (Å²) >= 11 is 0. The molecule has 1 saturated carbocycles. The average molecular weight is 434 g/mol. The maximum atomic E-state index is 14.4. The molecule has 158 valence electrons. The predicted octanol–water partition coefficient (Wildman–Crippen LogP) is 3.84. The molecule has 0 bridgehead atoms. The van der Waals surface area contributed by atoms with Gasteiger partial charge in [0.15, 0.2) is 28.6 Å². The van der Waals surface area contributed by atoms with Crippen LogP contribution in [0.4, 0.5) is 14.6 Å². The van der Waals surface area contributed by atoms with Crippen LogP contribution in [0.5, 0.6) is 0 Å². The second-order valence-corrected chi connectivity index (χ2v) is 7.28. The first kappa shape index (κ1) is 21.9. The molecule has 1 fully saturated rings. The molecule has 0 radical (unpaired) electrons. The van der Waals surface area contributed by atoms with E-state index in [-0.39, 0.29) is 35.4 Å². The molecule has 0 atom stereocenters. The third kappa shape index (κ3) is 3.95. The minimum atomic E-state index is -1.02. The lowest BCUT2D eigenvalue weighted by Gasteiger charge is -2.12. The van der Waals surface area contributed by atoms with Crippen molar-refractivity contribution in [2.75, 3.05) is 5.73 Å². The van der Waals surface area contributed by atoms with Gasteiger partial charge in [0.25, 0.3) is 0 Å².